The van der Waals surface area contributed by atoms with E-state index < -0.39 is 11.9 Å². The second kappa shape index (κ2) is 8.39. The molecule has 0 aliphatic rings. The van der Waals surface area contributed by atoms with Crippen LogP contribution in [0.5, 0.6) is 17.2 Å². The molecule has 0 unspecified atom stereocenters. The Bertz CT molecular complexity index is 760. The van der Waals surface area contributed by atoms with Crippen molar-refractivity contribution in [1.82, 2.24) is 5.48 Å². The molecule has 0 spiro atoms. The normalized spacial score (nSPS) is 10.3. The van der Waals surface area contributed by atoms with Gasteiger partial charge < -0.3 is 19.4 Å². The van der Waals surface area contributed by atoms with E-state index in [-0.39, 0.29) is 17.2 Å². The van der Waals surface area contributed by atoms with Gasteiger partial charge in [0.1, 0.15) is 0 Å². The average molecular weight is 343 g/mol. The molecule has 0 atom stereocenters. The van der Waals surface area contributed by atoms with Crippen LogP contribution >= 0.6 is 0 Å². The quantitative estimate of drug-likeness (QED) is 0.639. The van der Waals surface area contributed by atoms with Gasteiger partial charge in [-0.2, -0.15) is 5.48 Å². The first-order valence-electron chi connectivity index (χ1n) is 7.24. The number of carbonyl (C=O) groups is 2. The number of hydrogen-bond acceptors (Lipinski definition) is 6. The molecule has 7 heteroatoms. The van der Waals surface area contributed by atoms with Crippen molar-refractivity contribution in [3.63, 3.8) is 0 Å². The van der Waals surface area contributed by atoms with E-state index in [2.05, 4.69) is 0 Å². The summed E-state index contributed by atoms with van der Waals surface area (Å²) in [5.74, 6) is -1.03. The van der Waals surface area contributed by atoms with Crippen LogP contribution in [0.2, 0.25) is 0 Å². The zero-order valence-corrected chi connectivity index (χ0v) is 13.7. The standard InChI is InChI=1S/C18H17NO6/c1-23-14-10-12(11-15(24-2)17(14)21)8-9-16(20)19-25-18(22)13-6-4-3-5-7-13/h3-11,21H,1-2H3,(H,19,20). The Morgan fingerprint density at radius 3 is 2.20 bits per heavy atom. The van der Waals surface area contributed by atoms with Gasteiger partial charge in [-0.15, -0.1) is 0 Å². The van der Waals surface area contributed by atoms with Crippen LogP contribution in [0, 0.1) is 0 Å². The number of carbonyl (C=O) groups excluding carboxylic acids is 2. The van der Waals surface area contributed by atoms with Gasteiger partial charge in [-0.3, -0.25) is 4.79 Å². The number of hydroxylamine groups is 1. The van der Waals surface area contributed by atoms with Gasteiger partial charge in [-0.1, -0.05) is 18.2 Å². The molecule has 0 saturated carbocycles. The fraction of sp³-hybridized carbons (Fsp3) is 0.111. The summed E-state index contributed by atoms with van der Waals surface area (Å²) < 4.78 is 10.1. The number of phenols is 1. The van der Waals surface area contributed by atoms with Gasteiger partial charge in [0.05, 0.1) is 19.8 Å². The molecule has 2 aromatic rings. The Morgan fingerprint density at radius 2 is 1.64 bits per heavy atom. The van der Waals surface area contributed by atoms with Crippen LogP contribution in [0.25, 0.3) is 6.08 Å². The third-order valence-corrected chi connectivity index (χ3v) is 3.18. The van der Waals surface area contributed by atoms with Crippen LogP contribution in [0.1, 0.15) is 15.9 Å². The lowest BCUT2D eigenvalue weighted by Gasteiger charge is -2.09. The van der Waals surface area contributed by atoms with Crippen molar-refractivity contribution < 1.29 is 29.0 Å². The van der Waals surface area contributed by atoms with Crippen molar-refractivity contribution in [1.29, 1.82) is 0 Å². The highest BCUT2D eigenvalue weighted by atomic mass is 16.7. The third-order valence-electron chi connectivity index (χ3n) is 3.18. The summed E-state index contributed by atoms with van der Waals surface area (Å²) in [4.78, 5) is 28.2. The van der Waals surface area contributed by atoms with E-state index in [0.717, 1.165) is 0 Å². The maximum Gasteiger partial charge on any atom is 0.362 e. The minimum absolute atomic E-state index is 0.136. The van der Waals surface area contributed by atoms with Gasteiger partial charge in [0.2, 0.25) is 5.75 Å². The SMILES string of the molecule is COc1cc(C=CC(=O)NOC(=O)c2ccccc2)cc(OC)c1O. The monoisotopic (exact) mass is 343 g/mol. The van der Waals surface area contributed by atoms with Crippen molar-refractivity contribution in [2.75, 3.05) is 14.2 Å². The van der Waals surface area contributed by atoms with E-state index in [4.69, 9.17) is 14.3 Å². The largest absolute Gasteiger partial charge is 0.502 e. The molecule has 2 aromatic carbocycles. The van der Waals surface area contributed by atoms with Gasteiger partial charge in [0, 0.05) is 6.08 Å². The molecule has 0 heterocycles. The van der Waals surface area contributed by atoms with E-state index >= 15 is 0 Å². The maximum absolute atomic E-state index is 11.7. The molecule has 0 saturated heterocycles. The minimum Gasteiger partial charge on any atom is -0.502 e. The van der Waals surface area contributed by atoms with E-state index in [1.165, 1.54) is 38.5 Å². The van der Waals surface area contributed by atoms with E-state index in [1.807, 2.05) is 5.48 Å². The number of amides is 1. The Balaban J connectivity index is 1.99. The zero-order chi connectivity index (χ0) is 18.2. The summed E-state index contributed by atoms with van der Waals surface area (Å²) in [5, 5.41) is 9.83. The highest BCUT2D eigenvalue weighted by Crippen LogP contribution is 2.37. The van der Waals surface area contributed by atoms with Crippen molar-refractivity contribution in [3.8, 4) is 17.2 Å². The average Bonchev–Trinajstić information content (AvgIpc) is 2.65. The van der Waals surface area contributed by atoms with Crippen molar-refractivity contribution in [2.24, 2.45) is 0 Å². The van der Waals surface area contributed by atoms with E-state index in [9.17, 15) is 14.7 Å². The Hall–Kier alpha value is -3.48. The molecule has 25 heavy (non-hydrogen) atoms. The summed E-state index contributed by atoms with van der Waals surface area (Å²) in [6, 6.07) is 11.3. The molecular weight excluding hydrogens is 326 g/mol. The Kier molecular flexibility index (Phi) is 6.00. The number of nitrogens with one attached hydrogen (secondary N) is 1. The van der Waals surface area contributed by atoms with Gasteiger partial charge in [-0.25, -0.2) is 4.79 Å². The molecule has 0 radical (unpaired) electrons. The molecule has 0 aliphatic heterocycles. The van der Waals surface area contributed by atoms with Crippen LogP contribution < -0.4 is 15.0 Å². The molecule has 0 aliphatic carbocycles. The van der Waals surface area contributed by atoms with Gasteiger partial charge in [-0.05, 0) is 35.9 Å². The van der Waals surface area contributed by atoms with Crippen LogP contribution in [-0.2, 0) is 9.63 Å². The van der Waals surface area contributed by atoms with Crippen molar-refractivity contribution in [2.45, 2.75) is 0 Å². The maximum atomic E-state index is 11.7. The summed E-state index contributed by atoms with van der Waals surface area (Å²) in [7, 11) is 2.80. The van der Waals surface area contributed by atoms with Gasteiger partial charge in [0.25, 0.3) is 5.91 Å². The number of ether oxygens (including phenoxy) is 2. The predicted molar refractivity (Wildman–Crippen MR) is 90.2 cm³/mol. The first-order chi connectivity index (χ1) is 12.0. The molecular formula is C18H17NO6. The molecule has 1 amide bonds. The van der Waals surface area contributed by atoms with Gasteiger partial charge >= 0.3 is 5.97 Å². The first kappa shape index (κ1) is 17.9. The van der Waals surface area contributed by atoms with Crippen LogP contribution in [0.3, 0.4) is 0 Å². The second-order valence-electron chi connectivity index (χ2n) is 4.83. The van der Waals surface area contributed by atoms with E-state index in [0.29, 0.717) is 11.1 Å². The summed E-state index contributed by atoms with van der Waals surface area (Å²) >= 11 is 0. The molecule has 2 rings (SSSR count). The molecule has 0 aromatic heterocycles. The number of benzene rings is 2. The van der Waals surface area contributed by atoms with Crippen molar-refractivity contribution >= 4 is 18.0 Å². The Morgan fingerprint density at radius 1 is 1.04 bits per heavy atom. The van der Waals surface area contributed by atoms with Crippen LogP contribution in [0.4, 0.5) is 0 Å². The smallest absolute Gasteiger partial charge is 0.362 e. The highest BCUT2D eigenvalue weighted by Gasteiger charge is 2.11. The van der Waals surface area contributed by atoms with E-state index in [1.54, 1.807) is 30.3 Å². The zero-order valence-electron chi connectivity index (χ0n) is 13.7. The molecule has 2 N–H and O–H groups in total. The Labute approximate surface area is 144 Å². The second-order valence-corrected chi connectivity index (χ2v) is 4.83. The van der Waals surface area contributed by atoms with Crippen LogP contribution in [-0.4, -0.2) is 31.2 Å². The molecule has 0 fully saturated rings. The number of methoxy groups -OCH3 is 2. The predicted octanol–water partition coefficient (Wildman–Crippen LogP) is 2.31. The fourth-order valence-corrected chi connectivity index (χ4v) is 1.95. The lowest BCUT2D eigenvalue weighted by atomic mass is 10.1. The summed E-state index contributed by atoms with van der Waals surface area (Å²) in [6.45, 7) is 0. The minimum atomic E-state index is -0.671. The lowest BCUT2D eigenvalue weighted by molar-refractivity contribution is -0.124. The number of rotatable bonds is 5. The molecule has 0 bridgehead atoms. The fourth-order valence-electron chi connectivity index (χ4n) is 1.95. The number of phenolic OH excluding ortho intramolecular Hbond substituents is 1. The topological polar surface area (TPSA) is 94.1 Å². The number of hydrogen-bond donors (Lipinski definition) is 2. The number of aromatic hydroxyl groups is 1. The molecule has 7 nitrogen and oxygen atoms in total. The lowest BCUT2D eigenvalue weighted by Crippen LogP contribution is -2.25. The first-order valence-corrected chi connectivity index (χ1v) is 7.24. The molecule has 130 valence electrons. The summed E-state index contributed by atoms with van der Waals surface area (Å²) in [5.41, 5.74) is 2.90. The third kappa shape index (κ3) is 4.74. The van der Waals surface area contributed by atoms with Gasteiger partial charge in [0.15, 0.2) is 11.5 Å². The van der Waals surface area contributed by atoms with Crippen molar-refractivity contribution in [3.05, 3.63) is 59.7 Å². The summed E-state index contributed by atoms with van der Waals surface area (Å²) in [6.07, 6.45) is 2.62. The highest BCUT2D eigenvalue weighted by molar-refractivity contribution is 5.94. The van der Waals surface area contributed by atoms with Crippen LogP contribution in [0.15, 0.2) is 48.5 Å².